The van der Waals surface area contributed by atoms with Gasteiger partial charge in [0.25, 0.3) is 0 Å². The smallest absolute Gasteiger partial charge is 0.305 e. The van der Waals surface area contributed by atoms with Gasteiger partial charge in [-0.3, -0.25) is 4.79 Å². The Morgan fingerprint density at radius 1 is 0.795 bits per heavy atom. The number of rotatable bonds is 15. The molecule has 0 aromatic rings. The molecule has 7 heteroatoms. The van der Waals surface area contributed by atoms with Crippen molar-refractivity contribution in [2.75, 3.05) is 13.2 Å². The lowest BCUT2D eigenvalue weighted by Crippen LogP contribution is -2.60. The maximum atomic E-state index is 12.4. The van der Waals surface area contributed by atoms with Gasteiger partial charge in [-0.05, 0) is 72.6 Å². The number of allylic oxidation sites excluding steroid dienone is 10. The number of hydrogen-bond acceptors (Lipinski definition) is 7. The fourth-order valence-corrected chi connectivity index (χ4v) is 4.93. The van der Waals surface area contributed by atoms with Crippen molar-refractivity contribution in [1.82, 2.24) is 0 Å². The second-order valence-electron chi connectivity index (χ2n) is 11.1. The van der Waals surface area contributed by atoms with Gasteiger partial charge in [-0.25, -0.2) is 0 Å². The van der Waals surface area contributed by atoms with Crippen LogP contribution in [0, 0.1) is 0 Å². The third kappa shape index (κ3) is 10.1. The van der Waals surface area contributed by atoms with Gasteiger partial charge in [0.05, 0.1) is 6.61 Å². The fourth-order valence-electron chi connectivity index (χ4n) is 4.93. The lowest BCUT2D eigenvalue weighted by atomic mass is 9.97. The molecule has 0 bridgehead atoms. The normalized spacial score (nSPS) is 29.8. The summed E-state index contributed by atoms with van der Waals surface area (Å²) in [4.78, 5) is 12.4. The molecule has 3 heterocycles. The summed E-state index contributed by atoms with van der Waals surface area (Å²) in [6.07, 6.45) is 27.4. The number of carbonyl (C=O) groups excluding carboxylic acids is 1. The molecule has 7 nitrogen and oxygen atoms in total. The largest absolute Gasteiger partial charge is 0.460 e. The molecule has 0 N–H and O–H groups in total. The van der Waals surface area contributed by atoms with Gasteiger partial charge in [0.2, 0.25) is 5.79 Å². The highest BCUT2D eigenvalue weighted by Crippen LogP contribution is 2.47. The topological polar surface area (TPSA) is 72.5 Å². The van der Waals surface area contributed by atoms with Gasteiger partial charge in [0, 0.05) is 6.42 Å². The zero-order chi connectivity index (χ0) is 28.2. The van der Waals surface area contributed by atoms with Crippen LogP contribution in [0.1, 0.15) is 86.0 Å². The average molecular weight is 545 g/mol. The number of ether oxygens (including phenoxy) is 6. The second-order valence-corrected chi connectivity index (χ2v) is 11.1. The van der Waals surface area contributed by atoms with Gasteiger partial charge < -0.3 is 28.4 Å². The minimum Gasteiger partial charge on any atom is -0.460 e. The summed E-state index contributed by atoms with van der Waals surface area (Å²) in [5.41, 5.74) is 0. The molecule has 0 aromatic heterocycles. The first kappa shape index (κ1) is 31.5. The Morgan fingerprint density at radius 3 is 2.00 bits per heavy atom. The highest BCUT2D eigenvalue weighted by atomic mass is 16.9. The molecule has 0 saturated carbocycles. The predicted octanol–water partition coefficient (Wildman–Crippen LogP) is 6.85. The highest BCUT2D eigenvalue weighted by Gasteiger charge is 2.65. The van der Waals surface area contributed by atoms with Crippen LogP contribution in [0.5, 0.6) is 0 Å². The van der Waals surface area contributed by atoms with Gasteiger partial charge in [0.15, 0.2) is 11.6 Å². The van der Waals surface area contributed by atoms with E-state index in [9.17, 15) is 4.79 Å². The minimum absolute atomic E-state index is 0.0470. The molecule has 0 radical (unpaired) electrons. The molecule has 0 aromatic carbocycles. The van der Waals surface area contributed by atoms with E-state index in [4.69, 9.17) is 28.4 Å². The van der Waals surface area contributed by atoms with Crippen molar-refractivity contribution in [1.29, 1.82) is 0 Å². The first-order chi connectivity index (χ1) is 18.7. The Bertz CT molecular complexity index is 913. The first-order valence-electron chi connectivity index (χ1n) is 14.4. The van der Waals surface area contributed by atoms with E-state index in [-0.39, 0.29) is 31.4 Å². The van der Waals surface area contributed by atoms with Gasteiger partial charge in [-0.1, -0.05) is 67.7 Å². The van der Waals surface area contributed by atoms with Crippen molar-refractivity contribution in [3.63, 3.8) is 0 Å². The van der Waals surface area contributed by atoms with Crippen LogP contribution in [0.3, 0.4) is 0 Å². The monoisotopic (exact) mass is 544 g/mol. The van der Waals surface area contributed by atoms with Gasteiger partial charge >= 0.3 is 5.97 Å². The van der Waals surface area contributed by atoms with E-state index in [2.05, 4.69) is 67.7 Å². The molecule has 3 aliphatic rings. The summed E-state index contributed by atoms with van der Waals surface area (Å²) < 4.78 is 35.9. The quantitative estimate of drug-likeness (QED) is 0.127. The summed E-state index contributed by atoms with van der Waals surface area (Å²) in [5.74, 6) is -3.10. The van der Waals surface area contributed by atoms with Crippen LogP contribution in [-0.2, 0) is 33.2 Å². The van der Waals surface area contributed by atoms with Crippen molar-refractivity contribution in [2.45, 2.75) is 122 Å². The molecule has 3 aliphatic heterocycles. The van der Waals surface area contributed by atoms with Crippen molar-refractivity contribution in [2.24, 2.45) is 0 Å². The third-order valence-corrected chi connectivity index (χ3v) is 6.62. The van der Waals surface area contributed by atoms with Crippen LogP contribution in [0.2, 0.25) is 0 Å². The fraction of sp³-hybridized carbons (Fsp3) is 0.656. The predicted molar refractivity (Wildman–Crippen MR) is 152 cm³/mol. The lowest BCUT2D eigenvalue weighted by Gasteiger charge is -2.40. The molecule has 0 amide bonds. The standard InChI is InChI=1S/C32H48O7/c1-6-7-8-9-10-11-12-13-14-15-16-17-18-19-20-21-22-23-27(33)34-25-32-29(38-31(4,5)39-32)28-26(24-35-32)36-30(2,3)37-28/h7-8,10-11,13-14,16-17,19-20,26,28-29H,6,9,12,15,18,21-25H2,1-5H3/b8-7-,11-10-,14-13-,17-16-,20-19-/t26-,28-,29+,32+/m1/s1. The lowest BCUT2D eigenvalue weighted by molar-refractivity contribution is -0.296. The zero-order valence-electron chi connectivity index (χ0n) is 24.4. The number of esters is 1. The molecule has 218 valence electrons. The number of unbranched alkanes of at least 4 members (excludes halogenated alkanes) is 1. The molecule has 39 heavy (non-hydrogen) atoms. The third-order valence-electron chi connectivity index (χ3n) is 6.62. The number of hydrogen-bond donors (Lipinski definition) is 0. The van der Waals surface area contributed by atoms with E-state index < -0.39 is 23.5 Å². The van der Waals surface area contributed by atoms with Gasteiger partial charge in [0.1, 0.15) is 24.9 Å². The molecule has 3 saturated heterocycles. The summed E-state index contributed by atoms with van der Waals surface area (Å²) in [5, 5.41) is 0. The summed E-state index contributed by atoms with van der Waals surface area (Å²) >= 11 is 0. The van der Waals surface area contributed by atoms with Crippen LogP contribution in [0.15, 0.2) is 60.8 Å². The molecule has 3 rings (SSSR count). The zero-order valence-corrected chi connectivity index (χ0v) is 24.4. The summed E-state index contributed by atoms with van der Waals surface area (Å²) in [7, 11) is 0. The van der Waals surface area contributed by atoms with E-state index in [1.165, 1.54) is 0 Å². The van der Waals surface area contributed by atoms with Crippen LogP contribution < -0.4 is 0 Å². The maximum absolute atomic E-state index is 12.4. The van der Waals surface area contributed by atoms with Crippen LogP contribution in [0.4, 0.5) is 0 Å². The van der Waals surface area contributed by atoms with Crippen molar-refractivity contribution < 1.29 is 33.2 Å². The Kier molecular flexibility index (Phi) is 12.2. The molecule has 4 atom stereocenters. The van der Waals surface area contributed by atoms with Gasteiger partial charge in [-0.2, -0.15) is 0 Å². The van der Waals surface area contributed by atoms with Crippen molar-refractivity contribution in [3.05, 3.63) is 60.8 Å². The maximum Gasteiger partial charge on any atom is 0.305 e. The van der Waals surface area contributed by atoms with Crippen LogP contribution in [-0.4, -0.2) is 54.9 Å². The molecule has 0 spiro atoms. The Balaban J connectivity index is 1.28. The Morgan fingerprint density at radius 2 is 1.38 bits per heavy atom. The van der Waals surface area contributed by atoms with E-state index in [0.717, 1.165) is 44.9 Å². The van der Waals surface area contributed by atoms with E-state index in [1.807, 2.05) is 27.7 Å². The molecule has 3 fully saturated rings. The summed E-state index contributed by atoms with van der Waals surface area (Å²) in [6, 6.07) is 0. The van der Waals surface area contributed by atoms with Crippen molar-refractivity contribution >= 4 is 5.97 Å². The number of carbonyl (C=O) groups is 1. The van der Waals surface area contributed by atoms with Gasteiger partial charge in [-0.15, -0.1) is 0 Å². The Hall–Kier alpha value is -2.03. The molecule has 0 unspecified atom stereocenters. The van der Waals surface area contributed by atoms with Crippen molar-refractivity contribution in [3.8, 4) is 0 Å². The van der Waals surface area contributed by atoms with Crippen LogP contribution in [0.25, 0.3) is 0 Å². The SMILES string of the molecule is CC/C=C\C/C=C\C/C=C\C/C=C\C/C=C\CCCC(=O)OC[C@@]12OC[C@H]3OC(C)(C)O[C@H]3[C@@H]1OC(C)(C)O2. The first-order valence-corrected chi connectivity index (χ1v) is 14.4. The van der Waals surface area contributed by atoms with E-state index in [1.54, 1.807) is 0 Å². The number of fused-ring (bicyclic) bond motifs is 3. The molecular weight excluding hydrogens is 496 g/mol. The van der Waals surface area contributed by atoms with Crippen LogP contribution >= 0.6 is 0 Å². The van der Waals surface area contributed by atoms with E-state index in [0.29, 0.717) is 6.42 Å². The second kappa shape index (κ2) is 15.1. The Labute approximate surface area is 234 Å². The molecular formula is C32H48O7. The van der Waals surface area contributed by atoms with E-state index >= 15 is 0 Å². The minimum atomic E-state index is -1.20. The average Bonchev–Trinajstić information content (AvgIpc) is 3.35. The summed E-state index contributed by atoms with van der Waals surface area (Å²) in [6.45, 7) is 9.75. The molecule has 0 aliphatic carbocycles. The highest BCUT2D eigenvalue weighted by molar-refractivity contribution is 5.69.